The van der Waals surface area contributed by atoms with Crippen LogP contribution in [0.4, 0.5) is 0 Å². The van der Waals surface area contributed by atoms with Crippen LogP contribution in [0.15, 0.2) is 30.4 Å². The minimum atomic E-state index is -1.42. The lowest BCUT2D eigenvalue weighted by Gasteiger charge is -2.14. The molecule has 0 saturated heterocycles. The number of rotatable bonds is 5. The van der Waals surface area contributed by atoms with Gasteiger partial charge in [-0.2, -0.15) is 0 Å². The summed E-state index contributed by atoms with van der Waals surface area (Å²) in [7, 11) is 1.20. The summed E-state index contributed by atoms with van der Waals surface area (Å²) in [5.41, 5.74) is 1.09. The highest BCUT2D eigenvalue weighted by Crippen LogP contribution is 2.32. The van der Waals surface area contributed by atoms with Crippen LogP contribution in [-0.2, 0) is 9.53 Å². The molecule has 1 aromatic carbocycles. The zero-order valence-corrected chi connectivity index (χ0v) is 11.0. The van der Waals surface area contributed by atoms with Gasteiger partial charge >= 0.3 is 5.97 Å². The van der Waals surface area contributed by atoms with Crippen LogP contribution >= 0.6 is 11.6 Å². The SMILES string of the molecule is C=C(C)COc1cccc(C(O)C(=O)OC)c1Cl. The molecule has 0 amide bonds. The van der Waals surface area contributed by atoms with E-state index in [-0.39, 0.29) is 10.6 Å². The van der Waals surface area contributed by atoms with E-state index in [1.807, 2.05) is 6.92 Å². The lowest BCUT2D eigenvalue weighted by atomic mass is 10.1. The van der Waals surface area contributed by atoms with Crippen molar-refractivity contribution < 1.29 is 19.4 Å². The lowest BCUT2D eigenvalue weighted by molar-refractivity contribution is -0.150. The first-order valence-electron chi connectivity index (χ1n) is 5.28. The van der Waals surface area contributed by atoms with Crippen molar-refractivity contribution in [2.45, 2.75) is 13.0 Å². The Morgan fingerprint density at radius 3 is 2.78 bits per heavy atom. The molecular weight excluding hydrogens is 256 g/mol. The minimum absolute atomic E-state index is 0.191. The highest BCUT2D eigenvalue weighted by Gasteiger charge is 2.22. The van der Waals surface area contributed by atoms with Crippen molar-refractivity contribution in [1.82, 2.24) is 0 Å². The van der Waals surface area contributed by atoms with Gasteiger partial charge in [-0.25, -0.2) is 4.79 Å². The molecule has 4 nitrogen and oxygen atoms in total. The maximum Gasteiger partial charge on any atom is 0.339 e. The summed E-state index contributed by atoms with van der Waals surface area (Å²) in [5.74, 6) is -0.380. The van der Waals surface area contributed by atoms with Crippen LogP contribution in [-0.4, -0.2) is 24.8 Å². The molecule has 0 aromatic heterocycles. The fraction of sp³-hybridized carbons (Fsp3) is 0.308. The predicted octanol–water partition coefficient (Wildman–Crippen LogP) is 2.50. The van der Waals surface area contributed by atoms with Crippen molar-refractivity contribution in [2.24, 2.45) is 0 Å². The number of aliphatic hydroxyl groups is 1. The molecule has 0 saturated carbocycles. The number of ether oxygens (including phenoxy) is 2. The van der Waals surface area contributed by atoms with Crippen molar-refractivity contribution in [3.63, 3.8) is 0 Å². The van der Waals surface area contributed by atoms with Crippen LogP contribution in [0.3, 0.4) is 0 Å². The lowest BCUT2D eigenvalue weighted by Crippen LogP contribution is -2.14. The van der Waals surface area contributed by atoms with E-state index in [1.165, 1.54) is 13.2 Å². The molecule has 1 rings (SSSR count). The van der Waals surface area contributed by atoms with Gasteiger partial charge in [-0.3, -0.25) is 0 Å². The molecule has 0 radical (unpaired) electrons. The second-order valence-corrected chi connectivity index (χ2v) is 4.21. The molecule has 0 bridgehead atoms. The number of aliphatic hydroxyl groups excluding tert-OH is 1. The van der Waals surface area contributed by atoms with E-state index in [2.05, 4.69) is 11.3 Å². The Balaban J connectivity index is 2.97. The maximum absolute atomic E-state index is 11.3. The van der Waals surface area contributed by atoms with Crippen LogP contribution in [0.5, 0.6) is 5.75 Å². The molecule has 0 aliphatic carbocycles. The van der Waals surface area contributed by atoms with E-state index >= 15 is 0 Å². The van der Waals surface area contributed by atoms with E-state index in [4.69, 9.17) is 16.3 Å². The van der Waals surface area contributed by atoms with Gasteiger partial charge in [-0.1, -0.05) is 30.3 Å². The summed E-state index contributed by atoms with van der Waals surface area (Å²) in [6.45, 7) is 5.84. The van der Waals surface area contributed by atoms with Crippen LogP contribution in [0.2, 0.25) is 5.02 Å². The van der Waals surface area contributed by atoms with E-state index in [1.54, 1.807) is 12.1 Å². The Morgan fingerprint density at radius 2 is 2.22 bits per heavy atom. The number of hydrogen-bond acceptors (Lipinski definition) is 4. The number of halogens is 1. The summed E-state index contributed by atoms with van der Waals surface area (Å²) in [6.07, 6.45) is -1.42. The van der Waals surface area contributed by atoms with Gasteiger partial charge in [-0.15, -0.1) is 0 Å². The topological polar surface area (TPSA) is 55.8 Å². The van der Waals surface area contributed by atoms with Gasteiger partial charge in [0, 0.05) is 5.56 Å². The van der Waals surface area contributed by atoms with E-state index in [0.29, 0.717) is 12.4 Å². The second kappa shape index (κ2) is 6.42. The predicted molar refractivity (Wildman–Crippen MR) is 68.7 cm³/mol. The molecular formula is C13H15ClO4. The van der Waals surface area contributed by atoms with Gasteiger partial charge < -0.3 is 14.6 Å². The Morgan fingerprint density at radius 1 is 1.56 bits per heavy atom. The normalized spacial score (nSPS) is 11.8. The monoisotopic (exact) mass is 270 g/mol. The third-order valence-corrected chi connectivity index (χ3v) is 2.59. The molecule has 98 valence electrons. The maximum atomic E-state index is 11.3. The third-order valence-electron chi connectivity index (χ3n) is 2.19. The van der Waals surface area contributed by atoms with Crippen molar-refractivity contribution in [3.05, 3.63) is 40.9 Å². The fourth-order valence-corrected chi connectivity index (χ4v) is 1.57. The molecule has 0 fully saturated rings. The average Bonchev–Trinajstić information content (AvgIpc) is 2.35. The van der Waals surface area contributed by atoms with Crippen LogP contribution < -0.4 is 4.74 Å². The Hall–Kier alpha value is -1.52. The largest absolute Gasteiger partial charge is 0.488 e. The summed E-state index contributed by atoms with van der Waals surface area (Å²) in [4.78, 5) is 11.3. The van der Waals surface area contributed by atoms with Gasteiger partial charge in [0.2, 0.25) is 0 Å². The first-order valence-corrected chi connectivity index (χ1v) is 5.66. The summed E-state index contributed by atoms with van der Waals surface area (Å²) < 4.78 is 9.86. The molecule has 5 heteroatoms. The number of esters is 1. The van der Waals surface area contributed by atoms with Crippen LogP contribution in [0.25, 0.3) is 0 Å². The summed E-state index contributed by atoms with van der Waals surface area (Å²) >= 11 is 6.07. The van der Waals surface area contributed by atoms with E-state index < -0.39 is 12.1 Å². The number of hydrogen-bond donors (Lipinski definition) is 1. The highest BCUT2D eigenvalue weighted by atomic mass is 35.5. The number of benzene rings is 1. The van der Waals surface area contributed by atoms with Gasteiger partial charge in [-0.05, 0) is 18.6 Å². The fourth-order valence-electron chi connectivity index (χ4n) is 1.29. The molecule has 18 heavy (non-hydrogen) atoms. The number of methoxy groups -OCH3 is 1. The van der Waals surface area contributed by atoms with Crippen molar-refractivity contribution in [2.75, 3.05) is 13.7 Å². The van der Waals surface area contributed by atoms with Gasteiger partial charge in [0.1, 0.15) is 12.4 Å². The molecule has 0 heterocycles. The van der Waals surface area contributed by atoms with Gasteiger partial charge in [0.15, 0.2) is 6.10 Å². The molecule has 1 unspecified atom stereocenters. The molecule has 1 atom stereocenters. The first kappa shape index (κ1) is 14.5. The van der Waals surface area contributed by atoms with Crippen molar-refractivity contribution in [3.8, 4) is 5.75 Å². The third kappa shape index (κ3) is 3.48. The summed E-state index contributed by atoms with van der Waals surface area (Å²) in [5, 5.41) is 9.93. The standard InChI is InChI=1S/C13H15ClO4/c1-8(2)7-18-10-6-4-5-9(11(10)14)12(15)13(16)17-3/h4-6,12,15H,1,7H2,2-3H3. The van der Waals surface area contributed by atoms with Crippen molar-refractivity contribution >= 4 is 17.6 Å². The molecule has 1 aromatic rings. The van der Waals surface area contributed by atoms with Crippen molar-refractivity contribution in [1.29, 1.82) is 0 Å². The Bertz CT molecular complexity index is 456. The van der Waals surface area contributed by atoms with Crippen LogP contribution in [0, 0.1) is 0 Å². The van der Waals surface area contributed by atoms with Gasteiger partial charge in [0.05, 0.1) is 12.1 Å². The highest BCUT2D eigenvalue weighted by molar-refractivity contribution is 6.33. The Kier molecular flexibility index (Phi) is 5.19. The number of carbonyl (C=O) groups is 1. The smallest absolute Gasteiger partial charge is 0.339 e. The Labute approximate surface area is 111 Å². The zero-order valence-electron chi connectivity index (χ0n) is 10.3. The second-order valence-electron chi connectivity index (χ2n) is 3.83. The first-order chi connectivity index (χ1) is 8.47. The molecule has 0 spiro atoms. The average molecular weight is 271 g/mol. The van der Waals surface area contributed by atoms with Crippen LogP contribution in [0.1, 0.15) is 18.6 Å². The number of carbonyl (C=O) groups excluding carboxylic acids is 1. The van der Waals surface area contributed by atoms with E-state index in [9.17, 15) is 9.90 Å². The van der Waals surface area contributed by atoms with E-state index in [0.717, 1.165) is 5.57 Å². The zero-order chi connectivity index (χ0) is 13.7. The molecule has 0 aliphatic rings. The molecule has 1 N–H and O–H groups in total. The molecule has 0 aliphatic heterocycles. The quantitative estimate of drug-likeness (QED) is 0.660. The van der Waals surface area contributed by atoms with Gasteiger partial charge in [0.25, 0.3) is 0 Å². The summed E-state index contributed by atoms with van der Waals surface area (Å²) in [6, 6.07) is 4.83. The minimum Gasteiger partial charge on any atom is -0.488 e.